The molecule has 0 saturated carbocycles. The number of likely N-dealkylation sites (tertiary alicyclic amines) is 1. The molecule has 3 nitrogen and oxygen atoms in total. The van der Waals surface area contributed by atoms with Crippen molar-refractivity contribution in [2.24, 2.45) is 5.92 Å². The van der Waals surface area contributed by atoms with Crippen molar-refractivity contribution in [3.8, 4) is 0 Å². The topological polar surface area (TPSA) is 32.3 Å². The molecule has 1 heterocycles. The van der Waals surface area contributed by atoms with Crippen molar-refractivity contribution in [1.29, 1.82) is 0 Å². The molecule has 2 aromatic rings. The number of hydrogen-bond donors (Lipinski definition) is 1. The Morgan fingerprint density at radius 2 is 1.68 bits per heavy atom. The molecule has 0 radical (unpaired) electrons. The molecular weight excluding hydrogens is 365 g/mol. The summed E-state index contributed by atoms with van der Waals surface area (Å²) in [6, 6.07) is 14.9. The van der Waals surface area contributed by atoms with Gasteiger partial charge in [-0.2, -0.15) is 13.2 Å². The maximum atomic E-state index is 13.1. The first kappa shape index (κ1) is 20.4. The monoisotopic (exact) mass is 390 g/mol. The molecule has 1 fully saturated rings. The number of benzene rings is 2. The van der Waals surface area contributed by atoms with Crippen LogP contribution in [0.15, 0.2) is 54.6 Å². The molecular formula is C22H25F3N2O. The van der Waals surface area contributed by atoms with Gasteiger partial charge in [-0.15, -0.1) is 0 Å². The van der Waals surface area contributed by atoms with E-state index in [2.05, 4.69) is 17.4 Å². The van der Waals surface area contributed by atoms with Crippen molar-refractivity contribution in [2.45, 2.75) is 38.4 Å². The zero-order chi connectivity index (χ0) is 20.1. The number of para-hydroxylation sites is 1. The molecule has 0 aliphatic carbocycles. The van der Waals surface area contributed by atoms with E-state index in [1.54, 1.807) is 6.92 Å². The predicted molar refractivity (Wildman–Crippen MR) is 104 cm³/mol. The third-order valence-corrected chi connectivity index (χ3v) is 5.43. The van der Waals surface area contributed by atoms with E-state index in [0.29, 0.717) is 5.92 Å². The second-order valence-corrected chi connectivity index (χ2v) is 7.38. The van der Waals surface area contributed by atoms with E-state index >= 15 is 0 Å². The molecule has 0 aromatic heterocycles. The van der Waals surface area contributed by atoms with Crippen LogP contribution >= 0.6 is 0 Å². The molecule has 0 unspecified atom stereocenters. The summed E-state index contributed by atoms with van der Waals surface area (Å²) < 4.78 is 39.3. The van der Waals surface area contributed by atoms with Crippen LogP contribution in [0.4, 0.5) is 18.9 Å². The Kier molecular flexibility index (Phi) is 6.39. The fourth-order valence-electron chi connectivity index (χ4n) is 3.73. The van der Waals surface area contributed by atoms with Gasteiger partial charge >= 0.3 is 6.18 Å². The predicted octanol–water partition coefficient (Wildman–Crippen LogP) is 4.99. The van der Waals surface area contributed by atoms with E-state index in [4.69, 9.17) is 0 Å². The van der Waals surface area contributed by atoms with Gasteiger partial charge in [-0.3, -0.25) is 9.69 Å². The molecule has 1 saturated heterocycles. The van der Waals surface area contributed by atoms with Crippen LogP contribution < -0.4 is 5.32 Å². The van der Waals surface area contributed by atoms with Crippen LogP contribution in [-0.2, 0) is 17.4 Å². The molecule has 0 spiro atoms. The molecule has 3 rings (SSSR count). The van der Waals surface area contributed by atoms with Gasteiger partial charge in [-0.25, -0.2) is 0 Å². The van der Waals surface area contributed by atoms with Gasteiger partial charge in [0.05, 0.1) is 17.3 Å². The molecule has 1 aliphatic heterocycles. The lowest BCUT2D eigenvalue weighted by Gasteiger charge is -2.35. The Morgan fingerprint density at radius 3 is 2.32 bits per heavy atom. The van der Waals surface area contributed by atoms with Crippen LogP contribution in [0.25, 0.3) is 0 Å². The number of amides is 1. The molecule has 1 aliphatic rings. The second-order valence-electron chi connectivity index (χ2n) is 7.38. The quantitative estimate of drug-likeness (QED) is 0.780. The van der Waals surface area contributed by atoms with Gasteiger partial charge in [-0.05, 0) is 62.9 Å². The van der Waals surface area contributed by atoms with E-state index < -0.39 is 23.7 Å². The summed E-state index contributed by atoms with van der Waals surface area (Å²) in [7, 11) is 0. The van der Waals surface area contributed by atoms with Gasteiger partial charge in [0.1, 0.15) is 0 Å². The van der Waals surface area contributed by atoms with E-state index in [0.717, 1.165) is 38.4 Å². The zero-order valence-corrected chi connectivity index (χ0v) is 15.9. The number of nitrogens with zero attached hydrogens (tertiary/aromatic N) is 1. The van der Waals surface area contributed by atoms with Gasteiger partial charge in [0, 0.05) is 0 Å². The van der Waals surface area contributed by atoms with Crippen molar-refractivity contribution >= 4 is 11.6 Å². The smallest absolute Gasteiger partial charge is 0.324 e. The number of hydrogen-bond acceptors (Lipinski definition) is 2. The number of rotatable bonds is 5. The van der Waals surface area contributed by atoms with Crippen LogP contribution in [0.5, 0.6) is 0 Å². The minimum atomic E-state index is -4.50. The Labute approximate surface area is 163 Å². The van der Waals surface area contributed by atoms with Gasteiger partial charge in [0.15, 0.2) is 0 Å². The Bertz CT molecular complexity index is 784. The fraction of sp³-hybridized carbons (Fsp3) is 0.409. The minimum Gasteiger partial charge on any atom is -0.324 e. The summed E-state index contributed by atoms with van der Waals surface area (Å²) in [5.41, 5.74) is 0.304. The first-order chi connectivity index (χ1) is 13.3. The number of carbonyl (C=O) groups is 1. The first-order valence-corrected chi connectivity index (χ1v) is 9.59. The first-order valence-electron chi connectivity index (χ1n) is 9.59. The molecule has 6 heteroatoms. The molecule has 1 N–H and O–H groups in total. The summed E-state index contributed by atoms with van der Waals surface area (Å²) in [5.74, 6) is 0.165. The summed E-state index contributed by atoms with van der Waals surface area (Å²) in [4.78, 5) is 14.6. The number of halogens is 3. The van der Waals surface area contributed by atoms with Crippen LogP contribution in [-0.4, -0.2) is 29.9 Å². The molecule has 1 atom stereocenters. The minimum absolute atomic E-state index is 0.189. The number of alkyl halides is 3. The average Bonchev–Trinajstić information content (AvgIpc) is 2.68. The van der Waals surface area contributed by atoms with Crippen molar-refractivity contribution in [2.75, 3.05) is 18.4 Å². The highest BCUT2D eigenvalue weighted by Gasteiger charge is 2.34. The third-order valence-electron chi connectivity index (χ3n) is 5.43. The van der Waals surface area contributed by atoms with Gasteiger partial charge in [0.25, 0.3) is 0 Å². The van der Waals surface area contributed by atoms with E-state index in [1.165, 1.54) is 23.8 Å². The van der Waals surface area contributed by atoms with Crippen molar-refractivity contribution in [3.63, 3.8) is 0 Å². The van der Waals surface area contributed by atoms with E-state index in [-0.39, 0.29) is 5.69 Å². The molecule has 28 heavy (non-hydrogen) atoms. The van der Waals surface area contributed by atoms with Gasteiger partial charge in [0.2, 0.25) is 5.91 Å². The number of piperidine rings is 1. The highest BCUT2D eigenvalue weighted by molar-refractivity contribution is 5.95. The lowest BCUT2D eigenvalue weighted by molar-refractivity contribution is -0.137. The van der Waals surface area contributed by atoms with Crippen LogP contribution in [0, 0.1) is 5.92 Å². The molecule has 1 amide bonds. The average molecular weight is 390 g/mol. The standard InChI is InChI=1S/C22H25F3N2O/c1-16(21(28)26-20-10-6-5-9-19(20)22(23,24)25)27-13-11-18(12-14-27)15-17-7-3-2-4-8-17/h2-10,16,18H,11-15H2,1H3,(H,26,28)/t16-/m0/s1. The molecule has 150 valence electrons. The third kappa shape index (κ3) is 5.13. The Morgan fingerprint density at radius 1 is 1.07 bits per heavy atom. The summed E-state index contributed by atoms with van der Waals surface area (Å²) in [6.07, 6.45) is -1.52. The highest BCUT2D eigenvalue weighted by Crippen LogP contribution is 2.34. The van der Waals surface area contributed by atoms with Gasteiger partial charge in [-0.1, -0.05) is 42.5 Å². The van der Waals surface area contributed by atoms with E-state index in [1.807, 2.05) is 23.1 Å². The largest absolute Gasteiger partial charge is 0.418 e. The van der Waals surface area contributed by atoms with Crippen molar-refractivity contribution < 1.29 is 18.0 Å². The van der Waals surface area contributed by atoms with E-state index in [9.17, 15) is 18.0 Å². The molecule has 0 bridgehead atoms. The number of anilines is 1. The maximum absolute atomic E-state index is 13.1. The zero-order valence-electron chi connectivity index (χ0n) is 15.9. The summed E-state index contributed by atoms with van der Waals surface area (Å²) >= 11 is 0. The van der Waals surface area contributed by atoms with Crippen LogP contribution in [0.3, 0.4) is 0 Å². The number of nitrogens with one attached hydrogen (secondary N) is 1. The van der Waals surface area contributed by atoms with Crippen LogP contribution in [0.1, 0.15) is 30.9 Å². The van der Waals surface area contributed by atoms with Crippen LogP contribution in [0.2, 0.25) is 0 Å². The number of carbonyl (C=O) groups excluding carboxylic acids is 1. The lowest BCUT2D eigenvalue weighted by atomic mass is 9.89. The lowest BCUT2D eigenvalue weighted by Crippen LogP contribution is -2.46. The molecule has 2 aromatic carbocycles. The van der Waals surface area contributed by atoms with Crippen molar-refractivity contribution in [1.82, 2.24) is 4.90 Å². The van der Waals surface area contributed by atoms with Gasteiger partial charge < -0.3 is 5.32 Å². The SMILES string of the molecule is C[C@@H](C(=O)Nc1ccccc1C(F)(F)F)N1CCC(Cc2ccccc2)CC1. The fourth-order valence-corrected chi connectivity index (χ4v) is 3.73. The maximum Gasteiger partial charge on any atom is 0.418 e. The Hall–Kier alpha value is -2.34. The van der Waals surface area contributed by atoms with Crippen molar-refractivity contribution in [3.05, 3.63) is 65.7 Å². The summed E-state index contributed by atoms with van der Waals surface area (Å²) in [6.45, 7) is 3.29. The Balaban J connectivity index is 1.55. The second kappa shape index (κ2) is 8.78. The summed E-state index contributed by atoms with van der Waals surface area (Å²) in [5, 5.41) is 2.46. The highest BCUT2D eigenvalue weighted by atomic mass is 19.4. The normalized spacial score (nSPS) is 17.3.